The van der Waals surface area contributed by atoms with Gasteiger partial charge < -0.3 is 9.47 Å². The lowest BCUT2D eigenvalue weighted by Gasteiger charge is -2.24. The van der Waals surface area contributed by atoms with Crippen molar-refractivity contribution >= 4 is 5.97 Å². The Morgan fingerprint density at radius 3 is 3.24 bits per heavy atom. The maximum atomic E-state index is 11.4. The van der Waals surface area contributed by atoms with Crippen molar-refractivity contribution in [2.75, 3.05) is 13.2 Å². The van der Waals surface area contributed by atoms with Crippen LogP contribution in [0.25, 0.3) is 0 Å². The summed E-state index contributed by atoms with van der Waals surface area (Å²) in [5.74, 6) is -0.218. The van der Waals surface area contributed by atoms with Gasteiger partial charge in [-0.15, -0.1) is 0 Å². The molecular formula is C12H18N2O3. The summed E-state index contributed by atoms with van der Waals surface area (Å²) in [5, 5.41) is 4.24. The maximum absolute atomic E-state index is 11.4. The minimum absolute atomic E-state index is 0.0248. The number of nitrogens with zero attached hydrogens (tertiary/aromatic N) is 2. The van der Waals surface area contributed by atoms with Crippen molar-refractivity contribution in [3.05, 3.63) is 18.0 Å². The molecule has 1 saturated heterocycles. The molecule has 0 bridgehead atoms. The largest absolute Gasteiger partial charge is 0.466 e. The number of hydrogen-bond acceptors (Lipinski definition) is 4. The van der Waals surface area contributed by atoms with Gasteiger partial charge in [-0.05, 0) is 32.3 Å². The molecule has 0 amide bonds. The van der Waals surface area contributed by atoms with E-state index < -0.39 is 0 Å². The summed E-state index contributed by atoms with van der Waals surface area (Å²) in [6.07, 6.45) is 5.13. The van der Waals surface area contributed by atoms with Crippen molar-refractivity contribution in [2.24, 2.45) is 0 Å². The normalized spacial score (nSPS) is 20.2. The van der Waals surface area contributed by atoms with Gasteiger partial charge in [-0.25, -0.2) is 4.68 Å². The molecule has 2 rings (SSSR count). The molecule has 0 saturated carbocycles. The SMILES string of the molecule is CCOC(=O)Cc1ccnn1C1CCCCO1. The Labute approximate surface area is 101 Å². The Balaban J connectivity index is 2.02. The highest BCUT2D eigenvalue weighted by Gasteiger charge is 2.20. The molecule has 1 unspecified atom stereocenters. The molecule has 1 aromatic rings. The van der Waals surface area contributed by atoms with Crippen LogP contribution in [0.5, 0.6) is 0 Å². The molecular weight excluding hydrogens is 220 g/mol. The summed E-state index contributed by atoms with van der Waals surface area (Å²) in [4.78, 5) is 11.4. The second-order valence-corrected chi connectivity index (χ2v) is 4.07. The minimum Gasteiger partial charge on any atom is -0.466 e. The van der Waals surface area contributed by atoms with Crippen molar-refractivity contribution in [3.8, 4) is 0 Å². The zero-order valence-electron chi connectivity index (χ0n) is 10.1. The van der Waals surface area contributed by atoms with E-state index in [2.05, 4.69) is 5.10 Å². The molecule has 2 heterocycles. The van der Waals surface area contributed by atoms with Crippen LogP contribution in [0.3, 0.4) is 0 Å². The monoisotopic (exact) mass is 238 g/mol. The molecule has 17 heavy (non-hydrogen) atoms. The third-order valence-electron chi connectivity index (χ3n) is 2.81. The molecule has 5 nitrogen and oxygen atoms in total. The van der Waals surface area contributed by atoms with Gasteiger partial charge in [0.15, 0.2) is 0 Å². The number of rotatable bonds is 4. The van der Waals surface area contributed by atoms with Crippen LogP contribution in [0.15, 0.2) is 12.3 Å². The van der Waals surface area contributed by atoms with Gasteiger partial charge in [-0.3, -0.25) is 4.79 Å². The van der Waals surface area contributed by atoms with Crippen molar-refractivity contribution in [1.82, 2.24) is 9.78 Å². The van der Waals surface area contributed by atoms with Crippen LogP contribution >= 0.6 is 0 Å². The van der Waals surface area contributed by atoms with Gasteiger partial charge in [0.1, 0.15) is 6.23 Å². The zero-order chi connectivity index (χ0) is 12.1. The van der Waals surface area contributed by atoms with E-state index in [0.717, 1.165) is 31.6 Å². The third kappa shape index (κ3) is 3.06. The van der Waals surface area contributed by atoms with Crippen LogP contribution in [-0.4, -0.2) is 29.0 Å². The topological polar surface area (TPSA) is 53.3 Å². The molecule has 0 spiro atoms. The van der Waals surface area contributed by atoms with Crippen molar-refractivity contribution in [3.63, 3.8) is 0 Å². The first kappa shape index (κ1) is 12.1. The number of aromatic nitrogens is 2. The van der Waals surface area contributed by atoms with Gasteiger partial charge in [0.2, 0.25) is 0 Å². The molecule has 0 aliphatic carbocycles. The van der Waals surface area contributed by atoms with Crippen molar-refractivity contribution in [1.29, 1.82) is 0 Å². The average Bonchev–Trinajstić information content (AvgIpc) is 2.78. The minimum atomic E-state index is -0.218. The van der Waals surface area contributed by atoms with Crippen LogP contribution in [0.4, 0.5) is 0 Å². The number of carbonyl (C=O) groups excluding carboxylic acids is 1. The van der Waals surface area contributed by atoms with Crippen molar-refractivity contribution < 1.29 is 14.3 Å². The molecule has 0 radical (unpaired) electrons. The Morgan fingerprint density at radius 2 is 2.53 bits per heavy atom. The lowest BCUT2D eigenvalue weighted by atomic mass is 10.2. The van der Waals surface area contributed by atoms with E-state index >= 15 is 0 Å². The van der Waals surface area contributed by atoms with Gasteiger partial charge in [-0.2, -0.15) is 5.10 Å². The van der Waals surface area contributed by atoms with Gasteiger partial charge in [0, 0.05) is 12.8 Å². The van der Waals surface area contributed by atoms with E-state index in [9.17, 15) is 4.79 Å². The maximum Gasteiger partial charge on any atom is 0.311 e. The summed E-state index contributed by atoms with van der Waals surface area (Å²) in [6.45, 7) is 2.98. The standard InChI is InChI=1S/C12H18N2O3/c1-2-16-12(15)9-10-6-7-13-14(10)11-5-3-4-8-17-11/h6-7,11H,2-5,8-9H2,1H3. The van der Waals surface area contributed by atoms with E-state index in [0.29, 0.717) is 6.61 Å². The Morgan fingerprint density at radius 1 is 1.65 bits per heavy atom. The average molecular weight is 238 g/mol. The fourth-order valence-corrected chi connectivity index (χ4v) is 2.02. The van der Waals surface area contributed by atoms with E-state index in [4.69, 9.17) is 9.47 Å². The molecule has 5 heteroatoms. The second kappa shape index (κ2) is 5.82. The van der Waals surface area contributed by atoms with Crippen LogP contribution in [0.1, 0.15) is 38.1 Å². The van der Waals surface area contributed by atoms with Gasteiger partial charge >= 0.3 is 5.97 Å². The molecule has 0 N–H and O–H groups in total. The highest BCUT2D eigenvalue weighted by molar-refractivity contribution is 5.71. The van der Waals surface area contributed by atoms with E-state index in [1.165, 1.54) is 0 Å². The predicted molar refractivity (Wildman–Crippen MR) is 61.4 cm³/mol. The lowest BCUT2D eigenvalue weighted by molar-refractivity contribution is -0.142. The van der Waals surface area contributed by atoms with Crippen LogP contribution in [0, 0.1) is 0 Å². The second-order valence-electron chi connectivity index (χ2n) is 4.07. The number of carbonyl (C=O) groups is 1. The third-order valence-corrected chi connectivity index (χ3v) is 2.81. The van der Waals surface area contributed by atoms with Crippen LogP contribution in [0.2, 0.25) is 0 Å². The summed E-state index contributed by atoms with van der Waals surface area (Å²) < 4.78 is 12.4. The molecule has 1 aromatic heterocycles. The van der Waals surface area contributed by atoms with Gasteiger partial charge in [-0.1, -0.05) is 0 Å². The van der Waals surface area contributed by atoms with E-state index in [-0.39, 0.29) is 18.6 Å². The Hall–Kier alpha value is -1.36. The summed E-state index contributed by atoms with van der Waals surface area (Å²) in [5.41, 5.74) is 0.857. The van der Waals surface area contributed by atoms with E-state index in [1.54, 1.807) is 17.8 Å². The molecule has 1 fully saturated rings. The number of esters is 1. The van der Waals surface area contributed by atoms with E-state index in [1.807, 2.05) is 6.07 Å². The molecule has 1 aliphatic heterocycles. The first-order valence-corrected chi connectivity index (χ1v) is 6.11. The summed E-state index contributed by atoms with van der Waals surface area (Å²) >= 11 is 0. The number of ether oxygens (including phenoxy) is 2. The molecule has 1 aliphatic rings. The highest BCUT2D eigenvalue weighted by atomic mass is 16.5. The predicted octanol–water partition coefficient (Wildman–Crippen LogP) is 1.69. The van der Waals surface area contributed by atoms with Crippen molar-refractivity contribution in [2.45, 2.75) is 38.8 Å². The van der Waals surface area contributed by atoms with Crippen LogP contribution < -0.4 is 0 Å². The first-order chi connectivity index (χ1) is 8.31. The summed E-state index contributed by atoms with van der Waals surface area (Å²) in [7, 11) is 0. The summed E-state index contributed by atoms with van der Waals surface area (Å²) in [6, 6.07) is 1.84. The quantitative estimate of drug-likeness (QED) is 0.749. The highest BCUT2D eigenvalue weighted by Crippen LogP contribution is 2.23. The molecule has 0 aromatic carbocycles. The lowest BCUT2D eigenvalue weighted by Crippen LogP contribution is -2.22. The van der Waals surface area contributed by atoms with Gasteiger partial charge in [0.05, 0.1) is 18.7 Å². The smallest absolute Gasteiger partial charge is 0.311 e. The molecule has 1 atom stereocenters. The van der Waals surface area contributed by atoms with Gasteiger partial charge in [0.25, 0.3) is 0 Å². The fourth-order valence-electron chi connectivity index (χ4n) is 2.02. The molecule has 94 valence electrons. The Kier molecular flexibility index (Phi) is 4.14. The zero-order valence-corrected chi connectivity index (χ0v) is 10.1. The fraction of sp³-hybridized carbons (Fsp3) is 0.667. The number of hydrogen-bond donors (Lipinski definition) is 0. The van der Waals surface area contributed by atoms with Crippen LogP contribution in [-0.2, 0) is 20.7 Å². The Bertz CT molecular complexity index is 370. The first-order valence-electron chi connectivity index (χ1n) is 6.11.